The minimum Gasteiger partial charge on any atom is -0.370 e. The van der Waals surface area contributed by atoms with Crippen LogP contribution in [0.15, 0.2) is 0 Å². The molecule has 0 aromatic carbocycles. The number of aldehydes is 1. The van der Waals surface area contributed by atoms with Gasteiger partial charge in [0.05, 0.1) is 0 Å². The largest absolute Gasteiger partial charge is 0.370 e. The maximum Gasteiger partial charge on any atom is 0.217 e. The zero-order valence-corrected chi connectivity index (χ0v) is 12.3. The number of hydrogen-bond acceptors (Lipinski definition) is 4. The summed E-state index contributed by atoms with van der Waals surface area (Å²) in [5.74, 6) is -0.118. The van der Waals surface area contributed by atoms with E-state index in [-0.39, 0.29) is 11.8 Å². The summed E-state index contributed by atoms with van der Waals surface area (Å²) in [6, 6.07) is 0. The van der Waals surface area contributed by atoms with Crippen LogP contribution < -0.4 is 11.1 Å². The first-order valence-electron chi connectivity index (χ1n) is 7.27. The number of carbonyl (C=O) groups is 3. The lowest BCUT2D eigenvalue weighted by atomic mass is 10.1. The second-order valence-corrected chi connectivity index (χ2v) is 4.96. The predicted molar refractivity (Wildman–Crippen MR) is 78.0 cm³/mol. The minimum atomic E-state index is -0.211. The van der Waals surface area contributed by atoms with E-state index in [0.717, 1.165) is 32.1 Å². The van der Waals surface area contributed by atoms with Crippen molar-refractivity contribution in [2.75, 3.05) is 26.2 Å². The molecule has 6 nitrogen and oxygen atoms in total. The van der Waals surface area contributed by atoms with E-state index in [1.54, 1.807) is 4.90 Å². The van der Waals surface area contributed by atoms with Gasteiger partial charge in [-0.2, -0.15) is 0 Å². The van der Waals surface area contributed by atoms with Gasteiger partial charge in [0.25, 0.3) is 0 Å². The van der Waals surface area contributed by atoms with Gasteiger partial charge >= 0.3 is 0 Å². The first kappa shape index (κ1) is 18.6. The van der Waals surface area contributed by atoms with Crippen LogP contribution in [0, 0.1) is 5.92 Å². The molecule has 3 N–H and O–H groups in total. The van der Waals surface area contributed by atoms with Crippen LogP contribution >= 0.6 is 0 Å². The van der Waals surface area contributed by atoms with E-state index in [1.165, 1.54) is 25.9 Å². The molecule has 0 saturated carbocycles. The molecular formula is C14H27N3O3. The van der Waals surface area contributed by atoms with Crippen molar-refractivity contribution >= 4 is 18.6 Å². The number of likely N-dealkylation sites (tertiary alicyclic amines) is 1. The van der Waals surface area contributed by atoms with Crippen LogP contribution in [0.1, 0.15) is 39.0 Å². The molecule has 0 spiro atoms. The molecule has 2 amide bonds. The lowest BCUT2D eigenvalue weighted by Gasteiger charge is -2.04. The normalized spacial score (nSPS) is 20.2. The predicted octanol–water partition coefficient (Wildman–Crippen LogP) is 0.305. The van der Waals surface area contributed by atoms with Crippen LogP contribution in [0.2, 0.25) is 0 Å². The Balaban J connectivity index is 0.000000287. The van der Waals surface area contributed by atoms with Crippen molar-refractivity contribution < 1.29 is 14.4 Å². The summed E-state index contributed by atoms with van der Waals surface area (Å²) in [5, 5.41) is 3.22. The Morgan fingerprint density at radius 3 is 2.20 bits per heavy atom. The lowest BCUT2D eigenvalue weighted by Crippen LogP contribution is -2.18. The number of amides is 2. The fraction of sp³-hybridized carbons (Fsp3) is 0.786. The van der Waals surface area contributed by atoms with Gasteiger partial charge in [-0.25, -0.2) is 0 Å². The number of primary amides is 1. The Morgan fingerprint density at radius 2 is 2.00 bits per heavy atom. The summed E-state index contributed by atoms with van der Waals surface area (Å²) in [6.45, 7) is 5.78. The highest BCUT2D eigenvalue weighted by atomic mass is 16.1. The Labute approximate surface area is 121 Å². The molecule has 2 fully saturated rings. The van der Waals surface area contributed by atoms with Crippen molar-refractivity contribution in [3.8, 4) is 0 Å². The van der Waals surface area contributed by atoms with Gasteiger partial charge in [0, 0.05) is 25.4 Å². The van der Waals surface area contributed by atoms with E-state index < -0.39 is 0 Å². The lowest BCUT2D eigenvalue weighted by molar-refractivity contribution is -0.118. The second-order valence-electron chi connectivity index (χ2n) is 4.96. The van der Waals surface area contributed by atoms with Crippen molar-refractivity contribution in [3.05, 3.63) is 0 Å². The highest BCUT2D eigenvalue weighted by Gasteiger charge is 2.19. The third-order valence-electron chi connectivity index (χ3n) is 3.05. The molecule has 1 atom stereocenters. The van der Waals surface area contributed by atoms with Crippen LogP contribution in [-0.4, -0.2) is 49.7 Å². The van der Waals surface area contributed by atoms with Crippen molar-refractivity contribution in [1.29, 1.82) is 0 Å². The number of hydrogen-bond donors (Lipinski definition) is 2. The van der Waals surface area contributed by atoms with Gasteiger partial charge in [0.1, 0.15) is 6.29 Å². The first-order chi connectivity index (χ1) is 9.63. The number of nitrogens with one attached hydrogen (secondary N) is 1. The first-order valence-corrected chi connectivity index (χ1v) is 7.27. The molecule has 0 aromatic heterocycles. The summed E-state index contributed by atoms with van der Waals surface area (Å²) in [6.07, 6.45) is 6.70. The molecule has 2 saturated heterocycles. The van der Waals surface area contributed by atoms with Crippen LogP contribution in [0.4, 0.5) is 0 Å². The van der Waals surface area contributed by atoms with Crippen molar-refractivity contribution in [1.82, 2.24) is 10.2 Å². The molecule has 2 aliphatic rings. The molecule has 20 heavy (non-hydrogen) atoms. The van der Waals surface area contributed by atoms with E-state index in [4.69, 9.17) is 5.73 Å². The number of rotatable bonds is 4. The topological polar surface area (TPSA) is 92.5 Å². The maximum absolute atomic E-state index is 10.1. The van der Waals surface area contributed by atoms with Gasteiger partial charge in [-0.05, 0) is 38.8 Å². The average Bonchev–Trinajstić information content (AvgIpc) is 3.13. The summed E-state index contributed by atoms with van der Waals surface area (Å²) >= 11 is 0. The van der Waals surface area contributed by atoms with Gasteiger partial charge in [-0.15, -0.1) is 0 Å². The molecule has 2 aliphatic heterocycles. The van der Waals surface area contributed by atoms with E-state index in [1.807, 2.05) is 6.92 Å². The van der Waals surface area contributed by atoms with Crippen molar-refractivity contribution in [2.24, 2.45) is 11.7 Å². The quantitative estimate of drug-likeness (QED) is 0.727. The average molecular weight is 285 g/mol. The number of nitrogens with two attached hydrogens (primary N) is 1. The minimum absolute atomic E-state index is 0.0928. The Bertz CT molecular complexity index is 259. The Kier molecular flexibility index (Phi) is 11.7. The summed E-state index contributed by atoms with van der Waals surface area (Å²) in [4.78, 5) is 31.7. The summed E-state index contributed by atoms with van der Waals surface area (Å²) < 4.78 is 0. The molecule has 0 aliphatic carbocycles. The molecule has 6 heteroatoms. The highest BCUT2D eigenvalue weighted by Crippen LogP contribution is 2.10. The van der Waals surface area contributed by atoms with Gasteiger partial charge in [0.2, 0.25) is 12.3 Å². The fourth-order valence-corrected chi connectivity index (χ4v) is 1.89. The van der Waals surface area contributed by atoms with Gasteiger partial charge in [-0.3, -0.25) is 9.59 Å². The smallest absolute Gasteiger partial charge is 0.217 e. The summed E-state index contributed by atoms with van der Waals surface area (Å²) in [7, 11) is 0. The third kappa shape index (κ3) is 10.5. The van der Waals surface area contributed by atoms with Gasteiger partial charge in [0.15, 0.2) is 0 Å². The second kappa shape index (κ2) is 12.6. The molecule has 1 unspecified atom stereocenters. The molecule has 116 valence electrons. The standard InChI is InChI=1S/C6H9NO2.C4H9NO.C4H9N/c8-4-6-1-2-7(3-6)5-9;1-2-3-4(5)6;1-2-4-5-3-1/h4-6H,1-3H2;2-3H2,1H3,(H2,5,6);5H,1-4H2. The zero-order valence-electron chi connectivity index (χ0n) is 12.3. The molecule has 2 heterocycles. The fourth-order valence-electron chi connectivity index (χ4n) is 1.89. The molecule has 0 radical (unpaired) electrons. The van der Waals surface area contributed by atoms with E-state index in [0.29, 0.717) is 13.0 Å². The maximum atomic E-state index is 10.1. The highest BCUT2D eigenvalue weighted by molar-refractivity contribution is 5.73. The van der Waals surface area contributed by atoms with E-state index in [2.05, 4.69) is 5.32 Å². The monoisotopic (exact) mass is 285 g/mol. The van der Waals surface area contributed by atoms with Gasteiger partial charge in [-0.1, -0.05) is 6.92 Å². The third-order valence-corrected chi connectivity index (χ3v) is 3.05. The van der Waals surface area contributed by atoms with Gasteiger partial charge < -0.3 is 20.7 Å². The molecular weight excluding hydrogens is 258 g/mol. The number of nitrogens with zero attached hydrogens (tertiary/aromatic N) is 1. The Morgan fingerprint density at radius 1 is 1.35 bits per heavy atom. The molecule has 2 rings (SSSR count). The zero-order chi connectivity index (χ0) is 15.2. The van der Waals surface area contributed by atoms with Crippen LogP contribution in [0.5, 0.6) is 0 Å². The summed E-state index contributed by atoms with van der Waals surface area (Å²) in [5.41, 5.74) is 4.76. The molecule has 0 aromatic rings. The van der Waals surface area contributed by atoms with E-state index >= 15 is 0 Å². The van der Waals surface area contributed by atoms with Crippen LogP contribution in [-0.2, 0) is 14.4 Å². The SMILES string of the molecule is C1CCNC1.CCCC(N)=O.O=CC1CCN(C=O)C1. The van der Waals surface area contributed by atoms with Crippen molar-refractivity contribution in [3.63, 3.8) is 0 Å². The van der Waals surface area contributed by atoms with E-state index in [9.17, 15) is 14.4 Å². The molecule has 0 bridgehead atoms. The Hall–Kier alpha value is -1.43. The number of carbonyl (C=O) groups excluding carboxylic acids is 3. The van der Waals surface area contributed by atoms with Crippen LogP contribution in [0.3, 0.4) is 0 Å². The van der Waals surface area contributed by atoms with Crippen LogP contribution in [0.25, 0.3) is 0 Å². The van der Waals surface area contributed by atoms with Crippen molar-refractivity contribution in [2.45, 2.75) is 39.0 Å².